The van der Waals surface area contributed by atoms with Gasteiger partial charge >= 0.3 is 0 Å². The van der Waals surface area contributed by atoms with Crippen LogP contribution in [-0.4, -0.2) is 9.13 Å². The van der Waals surface area contributed by atoms with E-state index in [2.05, 4.69) is 222 Å². The van der Waals surface area contributed by atoms with Gasteiger partial charge in [0.25, 0.3) is 0 Å². The molecule has 280 valence electrons. The van der Waals surface area contributed by atoms with Crippen LogP contribution < -0.4 is 0 Å². The largest absolute Gasteiger partial charge is 0.309 e. The first-order chi connectivity index (χ1) is 29.7. The van der Waals surface area contributed by atoms with E-state index in [-0.39, 0.29) is 0 Å². The molecule has 0 bridgehead atoms. The van der Waals surface area contributed by atoms with E-state index in [0.29, 0.717) is 5.92 Å². The van der Waals surface area contributed by atoms with Gasteiger partial charge < -0.3 is 9.13 Å². The van der Waals surface area contributed by atoms with E-state index in [1.807, 2.05) is 0 Å². The summed E-state index contributed by atoms with van der Waals surface area (Å²) in [6.45, 7) is 0. The number of para-hydroxylation sites is 3. The molecule has 0 fully saturated rings. The molecule has 1 unspecified atom stereocenters. The van der Waals surface area contributed by atoms with Crippen molar-refractivity contribution in [1.29, 1.82) is 0 Å². The third-order valence-electron chi connectivity index (χ3n) is 13.2. The van der Waals surface area contributed by atoms with Gasteiger partial charge in [-0.25, -0.2) is 0 Å². The van der Waals surface area contributed by atoms with E-state index in [9.17, 15) is 0 Å². The third-order valence-corrected chi connectivity index (χ3v) is 13.2. The molecule has 3 aliphatic rings. The highest BCUT2D eigenvalue weighted by Crippen LogP contribution is 2.50. The van der Waals surface area contributed by atoms with Crippen LogP contribution in [0.2, 0.25) is 0 Å². The summed E-state index contributed by atoms with van der Waals surface area (Å²) in [5.74, 6) is 0.392. The Morgan fingerprint density at radius 1 is 0.417 bits per heavy atom. The molecule has 13 rings (SSSR count). The van der Waals surface area contributed by atoms with Crippen molar-refractivity contribution in [3.05, 3.63) is 229 Å². The maximum Gasteiger partial charge on any atom is 0.0620 e. The minimum Gasteiger partial charge on any atom is -0.309 e. The second-order valence-electron chi connectivity index (χ2n) is 16.5. The Morgan fingerprint density at radius 3 is 1.90 bits per heavy atom. The average Bonchev–Trinajstić information content (AvgIpc) is 3.80. The summed E-state index contributed by atoms with van der Waals surface area (Å²) in [6, 6.07) is 67.4. The van der Waals surface area contributed by atoms with Crippen LogP contribution in [0.25, 0.3) is 99.5 Å². The summed E-state index contributed by atoms with van der Waals surface area (Å²) in [4.78, 5) is 0. The lowest BCUT2D eigenvalue weighted by molar-refractivity contribution is 0.795. The molecule has 0 spiro atoms. The molecule has 60 heavy (non-hydrogen) atoms. The van der Waals surface area contributed by atoms with Crippen LogP contribution >= 0.6 is 0 Å². The lowest BCUT2D eigenvalue weighted by Gasteiger charge is -2.27. The Labute approximate surface area is 348 Å². The van der Waals surface area contributed by atoms with Gasteiger partial charge in [0, 0.05) is 44.3 Å². The number of allylic oxidation sites excluding steroid dienone is 8. The molecule has 0 saturated carbocycles. The smallest absolute Gasteiger partial charge is 0.0620 e. The SMILES string of the molecule is C1=CC2=CC3=C(CC2C=C1)c1ccccc1-n1c2ccccc2c2cc(-c4ccc(-c5ccc6c(c5)c5ccccc5n6-c5cccc(-c6ccccc6)c5)cc4)cc3c21. The van der Waals surface area contributed by atoms with Gasteiger partial charge in [-0.2, -0.15) is 0 Å². The van der Waals surface area contributed by atoms with Gasteiger partial charge in [0.2, 0.25) is 0 Å². The van der Waals surface area contributed by atoms with Crippen LogP contribution in [0.15, 0.2) is 218 Å². The van der Waals surface area contributed by atoms with Crippen LogP contribution in [0.1, 0.15) is 17.5 Å². The van der Waals surface area contributed by atoms with Crippen molar-refractivity contribution in [1.82, 2.24) is 9.13 Å². The van der Waals surface area contributed by atoms with Crippen LogP contribution in [-0.2, 0) is 0 Å². The van der Waals surface area contributed by atoms with Gasteiger partial charge in [-0.1, -0.05) is 158 Å². The zero-order valence-electron chi connectivity index (χ0n) is 32.9. The minimum absolute atomic E-state index is 0.392. The van der Waals surface area contributed by atoms with Crippen LogP contribution in [0.3, 0.4) is 0 Å². The first-order valence-electron chi connectivity index (χ1n) is 21.0. The molecule has 8 aromatic carbocycles. The molecule has 1 aliphatic heterocycles. The van der Waals surface area contributed by atoms with E-state index in [0.717, 1.165) is 12.1 Å². The third kappa shape index (κ3) is 4.95. The number of fused-ring (bicyclic) bond motifs is 11. The number of hydrogen-bond acceptors (Lipinski definition) is 0. The summed E-state index contributed by atoms with van der Waals surface area (Å²) in [7, 11) is 0. The van der Waals surface area contributed by atoms with Crippen molar-refractivity contribution < 1.29 is 0 Å². The molecule has 0 amide bonds. The number of hydrogen-bond donors (Lipinski definition) is 0. The standard InChI is InChI=1S/C58H38N2/c1-2-13-37(14-3-1)40-17-12-18-45(31-40)59-54-22-9-7-20-47(54)51-34-43(29-30-57(51)59)38-25-27-39(28-26-38)44-35-52-48-21-8-11-24-56(48)60-55-23-10-6-19-46(55)49-32-41-15-4-5-16-42(41)33-50(49)53(36-44)58(52)60/h1-31,33-36,41H,32H2. The maximum atomic E-state index is 2.53. The number of rotatable bonds is 4. The zero-order valence-corrected chi connectivity index (χ0v) is 32.9. The van der Waals surface area contributed by atoms with Crippen LogP contribution in [0, 0.1) is 5.92 Å². The summed E-state index contributed by atoms with van der Waals surface area (Å²) in [5.41, 5.74) is 21.5. The van der Waals surface area contributed by atoms with Crippen LogP contribution in [0.5, 0.6) is 0 Å². The van der Waals surface area contributed by atoms with E-state index < -0.39 is 0 Å². The van der Waals surface area contributed by atoms with Gasteiger partial charge in [0.1, 0.15) is 0 Å². The highest BCUT2D eigenvalue weighted by atomic mass is 15.0. The Morgan fingerprint density at radius 2 is 1.05 bits per heavy atom. The molecule has 2 aliphatic carbocycles. The monoisotopic (exact) mass is 762 g/mol. The lowest BCUT2D eigenvalue weighted by Crippen LogP contribution is -2.10. The predicted molar refractivity (Wildman–Crippen MR) is 253 cm³/mol. The van der Waals surface area contributed by atoms with E-state index >= 15 is 0 Å². The van der Waals surface area contributed by atoms with Gasteiger partial charge in [-0.15, -0.1) is 0 Å². The van der Waals surface area contributed by atoms with Crippen molar-refractivity contribution in [2.45, 2.75) is 6.42 Å². The van der Waals surface area contributed by atoms with Crippen molar-refractivity contribution >= 4 is 54.8 Å². The van der Waals surface area contributed by atoms with Crippen molar-refractivity contribution in [2.24, 2.45) is 5.92 Å². The Bertz CT molecular complexity index is 3550. The van der Waals surface area contributed by atoms with Crippen LogP contribution in [0.4, 0.5) is 0 Å². The second-order valence-corrected chi connectivity index (χ2v) is 16.5. The predicted octanol–water partition coefficient (Wildman–Crippen LogP) is 15.2. The van der Waals surface area contributed by atoms with E-state index in [4.69, 9.17) is 0 Å². The quantitative estimate of drug-likeness (QED) is 0.169. The first-order valence-corrected chi connectivity index (χ1v) is 21.0. The normalized spacial score (nSPS) is 15.3. The van der Waals surface area contributed by atoms with E-state index in [1.165, 1.54) is 111 Å². The molecule has 2 aromatic heterocycles. The maximum absolute atomic E-state index is 2.53. The molecule has 0 N–H and O–H groups in total. The molecule has 2 heteroatoms. The molecule has 10 aromatic rings. The summed E-state index contributed by atoms with van der Waals surface area (Å²) < 4.78 is 4.94. The Kier molecular flexibility index (Phi) is 7.17. The summed E-state index contributed by atoms with van der Waals surface area (Å²) in [5, 5.41) is 5.09. The molecule has 3 heterocycles. The zero-order chi connectivity index (χ0) is 39.3. The summed E-state index contributed by atoms with van der Waals surface area (Å²) >= 11 is 0. The lowest BCUT2D eigenvalue weighted by atomic mass is 9.77. The van der Waals surface area contributed by atoms with Crippen molar-refractivity contribution in [3.63, 3.8) is 0 Å². The van der Waals surface area contributed by atoms with Gasteiger partial charge in [-0.05, 0) is 111 Å². The molecule has 2 nitrogen and oxygen atoms in total. The summed E-state index contributed by atoms with van der Waals surface area (Å²) in [6.07, 6.45) is 12.5. The fourth-order valence-electron chi connectivity index (χ4n) is 10.4. The Balaban J connectivity index is 0.945. The molecule has 0 radical (unpaired) electrons. The Hall–Kier alpha value is -7.68. The minimum atomic E-state index is 0.392. The molecular weight excluding hydrogens is 725 g/mol. The molecule has 0 saturated heterocycles. The van der Waals surface area contributed by atoms with Crippen molar-refractivity contribution in [2.75, 3.05) is 0 Å². The number of benzene rings is 8. The number of nitrogens with zero attached hydrogens (tertiary/aromatic N) is 2. The average molecular weight is 763 g/mol. The van der Waals surface area contributed by atoms with Gasteiger partial charge in [0.15, 0.2) is 0 Å². The second kappa shape index (κ2) is 12.9. The van der Waals surface area contributed by atoms with Gasteiger partial charge in [-0.3, -0.25) is 0 Å². The topological polar surface area (TPSA) is 9.86 Å². The fraction of sp³-hybridized carbons (Fsp3) is 0.0345. The highest BCUT2D eigenvalue weighted by Gasteiger charge is 2.30. The first kappa shape index (κ1) is 33.3. The van der Waals surface area contributed by atoms with Gasteiger partial charge in [0.05, 0.1) is 27.8 Å². The highest BCUT2D eigenvalue weighted by molar-refractivity contribution is 6.18. The molecular formula is C58H38N2. The number of aromatic nitrogens is 2. The molecule has 1 atom stereocenters. The fourth-order valence-corrected chi connectivity index (χ4v) is 10.4. The van der Waals surface area contributed by atoms with E-state index in [1.54, 1.807) is 0 Å². The van der Waals surface area contributed by atoms with Crippen molar-refractivity contribution in [3.8, 4) is 44.8 Å².